The molecule has 0 spiro atoms. The van der Waals surface area contributed by atoms with Crippen LogP contribution < -0.4 is 5.32 Å². The number of nitrogens with one attached hydrogen (secondary N) is 1. The molecule has 0 bridgehead atoms. The van der Waals surface area contributed by atoms with Crippen LogP contribution in [0.1, 0.15) is 28.5 Å². The summed E-state index contributed by atoms with van der Waals surface area (Å²) in [5, 5.41) is 7.92. The van der Waals surface area contributed by atoms with Gasteiger partial charge in [0.1, 0.15) is 12.7 Å². The number of aromatic nitrogens is 4. The van der Waals surface area contributed by atoms with Gasteiger partial charge in [-0.05, 0) is 43.2 Å². The lowest BCUT2D eigenvalue weighted by Crippen LogP contribution is -2.22. The SMILES string of the molecule is CCc1nc2ccccc2c(C(=O)OCC(=O)Nc2cc(Cl)ccc2-n2cncn2)c1C. The van der Waals surface area contributed by atoms with Crippen LogP contribution in [0.2, 0.25) is 5.02 Å². The highest BCUT2D eigenvalue weighted by Crippen LogP contribution is 2.25. The maximum Gasteiger partial charge on any atom is 0.339 e. The van der Waals surface area contributed by atoms with Gasteiger partial charge in [-0.25, -0.2) is 14.5 Å². The number of nitrogens with zero attached hydrogens (tertiary/aromatic N) is 4. The summed E-state index contributed by atoms with van der Waals surface area (Å²) >= 11 is 6.08. The Morgan fingerprint density at radius 2 is 2.00 bits per heavy atom. The summed E-state index contributed by atoms with van der Waals surface area (Å²) in [5.41, 5.74) is 3.70. The fourth-order valence-electron chi connectivity index (χ4n) is 3.50. The number of carbonyl (C=O) groups is 2. The third-order valence-electron chi connectivity index (χ3n) is 5.01. The van der Waals surface area contributed by atoms with Crippen molar-refractivity contribution in [3.8, 4) is 5.69 Å². The van der Waals surface area contributed by atoms with E-state index in [1.807, 2.05) is 38.1 Å². The van der Waals surface area contributed by atoms with Gasteiger partial charge in [0, 0.05) is 16.1 Å². The maximum absolute atomic E-state index is 12.9. The number of carbonyl (C=O) groups excluding carboxylic acids is 2. The molecule has 4 rings (SSSR count). The topological polar surface area (TPSA) is 99.0 Å². The van der Waals surface area contributed by atoms with E-state index in [0.717, 1.165) is 11.3 Å². The average molecular weight is 450 g/mol. The highest BCUT2D eigenvalue weighted by atomic mass is 35.5. The third kappa shape index (κ3) is 4.31. The van der Waals surface area contributed by atoms with Gasteiger partial charge in [-0.2, -0.15) is 5.10 Å². The molecule has 0 aliphatic carbocycles. The number of ether oxygens (including phenoxy) is 1. The van der Waals surface area contributed by atoms with E-state index in [1.165, 1.54) is 17.3 Å². The molecule has 0 radical (unpaired) electrons. The second kappa shape index (κ2) is 9.15. The molecule has 162 valence electrons. The van der Waals surface area contributed by atoms with Crippen molar-refractivity contribution in [2.45, 2.75) is 20.3 Å². The molecular formula is C23H20ClN5O3. The van der Waals surface area contributed by atoms with Crippen molar-refractivity contribution in [3.63, 3.8) is 0 Å². The molecule has 0 saturated heterocycles. The lowest BCUT2D eigenvalue weighted by molar-refractivity contribution is -0.119. The Labute approximate surface area is 189 Å². The number of fused-ring (bicyclic) bond motifs is 1. The molecule has 2 heterocycles. The number of esters is 1. The van der Waals surface area contributed by atoms with E-state index in [0.29, 0.717) is 39.3 Å². The Hall–Kier alpha value is -3.78. The normalized spacial score (nSPS) is 10.8. The number of hydrogen-bond donors (Lipinski definition) is 1. The maximum atomic E-state index is 12.9. The van der Waals surface area contributed by atoms with Crippen molar-refractivity contribution >= 4 is 40.1 Å². The Bertz CT molecular complexity index is 1300. The molecular weight excluding hydrogens is 430 g/mol. The van der Waals surface area contributed by atoms with E-state index in [4.69, 9.17) is 16.3 Å². The summed E-state index contributed by atoms with van der Waals surface area (Å²) in [5.74, 6) is -1.08. The van der Waals surface area contributed by atoms with E-state index in [9.17, 15) is 9.59 Å². The van der Waals surface area contributed by atoms with Crippen LogP contribution in [0, 0.1) is 6.92 Å². The number of aryl methyl sites for hydroxylation is 1. The van der Waals surface area contributed by atoms with Gasteiger partial charge >= 0.3 is 5.97 Å². The number of hydrogen-bond acceptors (Lipinski definition) is 6. The second-order valence-electron chi connectivity index (χ2n) is 7.06. The second-order valence-corrected chi connectivity index (χ2v) is 7.49. The highest BCUT2D eigenvalue weighted by molar-refractivity contribution is 6.31. The minimum Gasteiger partial charge on any atom is -0.452 e. The fraction of sp³-hybridized carbons (Fsp3) is 0.174. The summed E-state index contributed by atoms with van der Waals surface area (Å²) in [7, 11) is 0. The molecule has 1 amide bonds. The van der Waals surface area contributed by atoms with Gasteiger partial charge in [-0.15, -0.1) is 0 Å². The first kappa shape index (κ1) is 21.5. The molecule has 0 atom stereocenters. The molecule has 9 heteroatoms. The third-order valence-corrected chi connectivity index (χ3v) is 5.24. The van der Waals surface area contributed by atoms with Crippen molar-refractivity contribution in [1.82, 2.24) is 19.7 Å². The standard InChI is InChI=1S/C23H20ClN5O3/c1-3-17-14(2)22(16-6-4-5-7-18(16)27-17)23(31)32-11-21(30)28-19-10-15(24)8-9-20(19)29-13-25-12-26-29/h4-10,12-13H,3,11H2,1-2H3,(H,28,30). The first-order chi connectivity index (χ1) is 15.5. The molecule has 4 aromatic rings. The van der Waals surface area contributed by atoms with Crippen LogP contribution in [0.15, 0.2) is 55.1 Å². The Balaban J connectivity index is 1.53. The number of benzene rings is 2. The Kier molecular flexibility index (Phi) is 6.13. The van der Waals surface area contributed by atoms with E-state index < -0.39 is 18.5 Å². The monoisotopic (exact) mass is 449 g/mol. The molecule has 1 N–H and O–H groups in total. The lowest BCUT2D eigenvalue weighted by atomic mass is 10.0. The predicted molar refractivity (Wildman–Crippen MR) is 121 cm³/mol. The van der Waals surface area contributed by atoms with E-state index in [-0.39, 0.29) is 0 Å². The van der Waals surface area contributed by atoms with Gasteiger partial charge in [0.05, 0.1) is 22.5 Å². The van der Waals surface area contributed by atoms with Gasteiger partial charge in [-0.1, -0.05) is 36.7 Å². The Morgan fingerprint density at radius 3 is 2.75 bits per heavy atom. The van der Waals surface area contributed by atoms with Crippen LogP contribution in [-0.4, -0.2) is 38.2 Å². The summed E-state index contributed by atoms with van der Waals surface area (Å²) in [6.45, 7) is 3.36. The Morgan fingerprint density at radius 1 is 1.19 bits per heavy atom. The molecule has 0 unspecified atom stereocenters. The van der Waals surface area contributed by atoms with Gasteiger partial charge < -0.3 is 10.1 Å². The van der Waals surface area contributed by atoms with E-state index in [1.54, 1.807) is 18.2 Å². The van der Waals surface area contributed by atoms with Crippen LogP contribution in [0.25, 0.3) is 16.6 Å². The summed E-state index contributed by atoms with van der Waals surface area (Å²) in [6, 6.07) is 12.3. The zero-order valence-corrected chi connectivity index (χ0v) is 18.3. The van der Waals surface area contributed by atoms with E-state index >= 15 is 0 Å². The summed E-state index contributed by atoms with van der Waals surface area (Å²) in [6.07, 6.45) is 3.56. The van der Waals surface area contributed by atoms with Crippen LogP contribution in [0.4, 0.5) is 5.69 Å². The van der Waals surface area contributed by atoms with Crippen molar-refractivity contribution in [1.29, 1.82) is 0 Å². The highest BCUT2D eigenvalue weighted by Gasteiger charge is 2.20. The van der Waals surface area contributed by atoms with Gasteiger partial charge in [-0.3, -0.25) is 9.78 Å². The van der Waals surface area contributed by atoms with Crippen LogP contribution in [-0.2, 0) is 16.0 Å². The lowest BCUT2D eigenvalue weighted by Gasteiger charge is -2.14. The molecule has 8 nitrogen and oxygen atoms in total. The van der Waals surface area contributed by atoms with Gasteiger partial charge in [0.2, 0.25) is 0 Å². The summed E-state index contributed by atoms with van der Waals surface area (Å²) < 4.78 is 6.86. The quantitative estimate of drug-likeness (QED) is 0.444. The number of anilines is 1. The average Bonchev–Trinajstić information content (AvgIpc) is 3.32. The van der Waals surface area contributed by atoms with Crippen LogP contribution in [0.3, 0.4) is 0 Å². The molecule has 2 aromatic heterocycles. The van der Waals surface area contributed by atoms with Crippen LogP contribution in [0.5, 0.6) is 0 Å². The summed E-state index contributed by atoms with van der Waals surface area (Å²) in [4.78, 5) is 34.0. The van der Waals surface area contributed by atoms with Gasteiger partial charge in [0.15, 0.2) is 6.61 Å². The number of pyridine rings is 1. The van der Waals surface area contributed by atoms with Crippen molar-refractivity contribution in [3.05, 3.63) is 77.0 Å². The predicted octanol–water partition coefficient (Wildman–Crippen LogP) is 4.14. The zero-order valence-electron chi connectivity index (χ0n) is 17.5. The molecule has 2 aromatic carbocycles. The first-order valence-electron chi connectivity index (χ1n) is 9.97. The molecule has 0 aliphatic heterocycles. The number of rotatable bonds is 6. The van der Waals surface area contributed by atoms with Gasteiger partial charge in [0.25, 0.3) is 5.91 Å². The van der Waals surface area contributed by atoms with Crippen molar-refractivity contribution < 1.29 is 14.3 Å². The van der Waals surface area contributed by atoms with Crippen molar-refractivity contribution in [2.24, 2.45) is 0 Å². The van der Waals surface area contributed by atoms with Crippen LogP contribution >= 0.6 is 11.6 Å². The van der Waals surface area contributed by atoms with Crippen molar-refractivity contribution in [2.75, 3.05) is 11.9 Å². The smallest absolute Gasteiger partial charge is 0.339 e. The number of halogens is 1. The number of amides is 1. The largest absolute Gasteiger partial charge is 0.452 e. The molecule has 0 aliphatic rings. The molecule has 0 fully saturated rings. The minimum absolute atomic E-state index is 0.419. The molecule has 32 heavy (non-hydrogen) atoms. The number of para-hydroxylation sites is 1. The zero-order chi connectivity index (χ0) is 22.7. The first-order valence-corrected chi connectivity index (χ1v) is 10.4. The minimum atomic E-state index is -0.575. The van der Waals surface area contributed by atoms with E-state index in [2.05, 4.69) is 20.4 Å². The molecule has 0 saturated carbocycles. The fourth-order valence-corrected chi connectivity index (χ4v) is 3.67.